The minimum absolute atomic E-state index is 0.0637. The summed E-state index contributed by atoms with van der Waals surface area (Å²) in [6, 6.07) is 2.75. The Bertz CT molecular complexity index is 783. The first kappa shape index (κ1) is 16.1. The van der Waals surface area contributed by atoms with Gasteiger partial charge in [0.05, 0.1) is 25.2 Å². The molecule has 2 aromatic rings. The van der Waals surface area contributed by atoms with Crippen LogP contribution in [0, 0.1) is 0 Å². The molecule has 0 aliphatic rings. The average Bonchev–Trinajstić information content (AvgIpc) is 2.53. The quantitative estimate of drug-likeness (QED) is 0.583. The lowest BCUT2D eigenvalue weighted by atomic mass is 9.78. The Morgan fingerprint density at radius 3 is 2.45 bits per heavy atom. The molecule has 2 rings (SSSR count). The Balaban J connectivity index is 2.95. The van der Waals surface area contributed by atoms with E-state index in [1.807, 2.05) is 0 Å². The number of hydrogen-bond acceptors (Lipinski definition) is 6. The number of fused-ring (bicyclic) bond motifs is 1. The maximum Gasteiger partial charge on any atom is 0.492 e. The van der Waals surface area contributed by atoms with Gasteiger partial charge in [-0.15, -0.1) is 0 Å². The Hall–Kier alpha value is -2.32. The zero-order valence-corrected chi connectivity index (χ0v) is 12.5. The van der Waals surface area contributed by atoms with Gasteiger partial charge in [-0.25, -0.2) is 4.79 Å². The first-order valence-electron chi connectivity index (χ1n) is 6.64. The number of benzene rings is 1. The monoisotopic (exact) mass is 305 g/mol. The van der Waals surface area contributed by atoms with E-state index < -0.39 is 13.1 Å². The molecule has 8 heteroatoms. The van der Waals surface area contributed by atoms with E-state index >= 15 is 0 Å². The highest BCUT2D eigenvalue weighted by Crippen LogP contribution is 2.21. The third-order valence-corrected chi connectivity index (χ3v) is 3.46. The number of methoxy groups -OCH3 is 2. The zero-order chi connectivity index (χ0) is 16.4. The highest BCUT2D eigenvalue weighted by molar-refractivity contribution is 6.60. The number of carbonyl (C=O) groups is 1. The van der Waals surface area contributed by atoms with Gasteiger partial charge < -0.3 is 24.1 Å². The van der Waals surface area contributed by atoms with Crippen LogP contribution in [0.2, 0.25) is 0 Å². The van der Waals surface area contributed by atoms with Crippen molar-refractivity contribution in [1.82, 2.24) is 4.57 Å². The molecule has 0 saturated carbocycles. The van der Waals surface area contributed by atoms with Crippen molar-refractivity contribution in [2.75, 3.05) is 14.2 Å². The number of hydrogen-bond donors (Lipinski definition) is 2. The number of nitrogens with zero attached hydrogens (tertiary/aromatic N) is 1. The molecule has 1 aromatic heterocycles. The molecule has 116 valence electrons. The predicted octanol–water partition coefficient (Wildman–Crippen LogP) is -0.504. The van der Waals surface area contributed by atoms with Crippen LogP contribution in [0.25, 0.3) is 10.8 Å². The van der Waals surface area contributed by atoms with E-state index in [0.717, 1.165) is 0 Å². The second-order valence-corrected chi connectivity index (χ2v) is 4.64. The van der Waals surface area contributed by atoms with Crippen molar-refractivity contribution in [3.63, 3.8) is 0 Å². The number of aromatic nitrogens is 1. The molecule has 0 atom stereocenters. The smallest absolute Gasteiger partial charge is 0.492 e. The van der Waals surface area contributed by atoms with Gasteiger partial charge in [0, 0.05) is 23.6 Å². The molecule has 22 heavy (non-hydrogen) atoms. The predicted molar refractivity (Wildman–Crippen MR) is 81.6 cm³/mol. The van der Waals surface area contributed by atoms with Gasteiger partial charge in [0.25, 0.3) is 5.56 Å². The number of pyridine rings is 1. The summed E-state index contributed by atoms with van der Waals surface area (Å²) < 4.78 is 11.2. The standard InChI is InChI=1S/C14H16BNO6/c1-4-16-7-10(14(18)22-3)8-5-11(15(19)20)12(21-2)6-9(8)13(16)17/h5-7,19-20H,4H2,1-3H3. The fourth-order valence-corrected chi connectivity index (χ4v) is 2.32. The highest BCUT2D eigenvalue weighted by atomic mass is 16.5. The van der Waals surface area contributed by atoms with Gasteiger partial charge in [-0.05, 0) is 19.1 Å². The molecule has 0 unspecified atom stereocenters. The van der Waals surface area contributed by atoms with Crippen LogP contribution >= 0.6 is 0 Å². The van der Waals surface area contributed by atoms with Crippen molar-refractivity contribution in [2.24, 2.45) is 0 Å². The van der Waals surface area contributed by atoms with Crippen molar-refractivity contribution in [1.29, 1.82) is 0 Å². The number of aryl methyl sites for hydroxylation is 1. The van der Waals surface area contributed by atoms with Crippen LogP contribution in [0.3, 0.4) is 0 Å². The second-order valence-electron chi connectivity index (χ2n) is 4.64. The summed E-state index contributed by atoms with van der Waals surface area (Å²) in [5, 5.41) is 19.4. The molecule has 0 bridgehead atoms. The van der Waals surface area contributed by atoms with Gasteiger partial charge in [0.15, 0.2) is 0 Å². The van der Waals surface area contributed by atoms with Gasteiger partial charge in [-0.1, -0.05) is 0 Å². The van der Waals surface area contributed by atoms with Crippen LogP contribution in [0.5, 0.6) is 5.75 Å². The normalized spacial score (nSPS) is 10.6. The van der Waals surface area contributed by atoms with Crippen LogP contribution in [0.4, 0.5) is 0 Å². The van der Waals surface area contributed by atoms with E-state index in [9.17, 15) is 19.6 Å². The van der Waals surface area contributed by atoms with E-state index in [1.165, 1.54) is 37.1 Å². The molecule has 0 spiro atoms. The zero-order valence-electron chi connectivity index (χ0n) is 12.5. The summed E-state index contributed by atoms with van der Waals surface area (Å²) in [4.78, 5) is 24.4. The van der Waals surface area contributed by atoms with Gasteiger partial charge in [0.1, 0.15) is 5.75 Å². The molecule has 0 radical (unpaired) electrons. The topological polar surface area (TPSA) is 98.0 Å². The third kappa shape index (κ3) is 2.58. The Labute approximate surface area is 126 Å². The van der Waals surface area contributed by atoms with Crippen LogP contribution in [0.15, 0.2) is 23.1 Å². The molecule has 0 aliphatic heterocycles. The lowest BCUT2D eigenvalue weighted by molar-refractivity contribution is 0.0602. The average molecular weight is 305 g/mol. The van der Waals surface area contributed by atoms with E-state index in [-0.39, 0.29) is 33.1 Å². The lowest BCUT2D eigenvalue weighted by Crippen LogP contribution is -2.32. The molecule has 0 amide bonds. The highest BCUT2D eigenvalue weighted by Gasteiger charge is 2.22. The Kier molecular flexibility index (Phi) is 4.53. The van der Waals surface area contributed by atoms with Crippen molar-refractivity contribution >= 4 is 29.3 Å². The summed E-state index contributed by atoms with van der Waals surface area (Å²) in [7, 11) is 0.801. The van der Waals surface area contributed by atoms with E-state index in [0.29, 0.717) is 6.54 Å². The van der Waals surface area contributed by atoms with E-state index in [1.54, 1.807) is 6.92 Å². The molecule has 7 nitrogen and oxygen atoms in total. The van der Waals surface area contributed by atoms with Crippen LogP contribution < -0.4 is 15.8 Å². The fraction of sp³-hybridized carbons (Fsp3) is 0.286. The first-order chi connectivity index (χ1) is 10.4. The Morgan fingerprint density at radius 2 is 1.95 bits per heavy atom. The molecule has 2 N–H and O–H groups in total. The molecule has 1 aromatic carbocycles. The lowest BCUT2D eigenvalue weighted by Gasteiger charge is -2.13. The minimum Gasteiger partial charge on any atom is -0.497 e. The summed E-state index contributed by atoms with van der Waals surface area (Å²) in [6.07, 6.45) is 1.40. The number of esters is 1. The van der Waals surface area contributed by atoms with Crippen molar-refractivity contribution < 1.29 is 24.3 Å². The molecule has 0 fully saturated rings. The third-order valence-electron chi connectivity index (χ3n) is 3.46. The van der Waals surface area contributed by atoms with Gasteiger partial charge >= 0.3 is 13.1 Å². The van der Waals surface area contributed by atoms with Crippen LogP contribution in [0.1, 0.15) is 17.3 Å². The van der Waals surface area contributed by atoms with Crippen molar-refractivity contribution in [3.05, 3.63) is 34.2 Å². The maximum atomic E-state index is 12.4. The Morgan fingerprint density at radius 1 is 1.27 bits per heavy atom. The number of rotatable bonds is 4. The van der Waals surface area contributed by atoms with Crippen LogP contribution in [-0.2, 0) is 11.3 Å². The van der Waals surface area contributed by atoms with Crippen LogP contribution in [-0.4, -0.2) is 41.9 Å². The first-order valence-corrected chi connectivity index (χ1v) is 6.64. The van der Waals surface area contributed by atoms with Gasteiger partial charge in [-0.2, -0.15) is 0 Å². The molecule has 1 heterocycles. The van der Waals surface area contributed by atoms with Gasteiger partial charge in [-0.3, -0.25) is 4.79 Å². The fourth-order valence-electron chi connectivity index (χ4n) is 2.32. The summed E-state index contributed by atoms with van der Waals surface area (Å²) in [5.74, 6) is -0.458. The second kappa shape index (κ2) is 6.21. The minimum atomic E-state index is -1.79. The molecule has 0 saturated heterocycles. The van der Waals surface area contributed by atoms with E-state index in [2.05, 4.69) is 0 Å². The van der Waals surface area contributed by atoms with E-state index in [4.69, 9.17) is 9.47 Å². The summed E-state index contributed by atoms with van der Waals surface area (Å²) >= 11 is 0. The largest absolute Gasteiger partial charge is 0.497 e. The van der Waals surface area contributed by atoms with Crippen molar-refractivity contribution in [3.8, 4) is 5.75 Å². The van der Waals surface area contributed by atoms with Gasteiger partial charge in [0.2, 0.25) is 0 Å². The molecule has 0 aliphatic carbocycles. The molecular weight excluding hydrogens is 289 g/mol. The van der Waals surface area contributed by atoms with Crippen molar-refractivity contribution in [2.45, 2.75) is 13.5 Å². The summed E-state index contributed by atoms with van der Waals surface area (Å²) in [6.45, 7) is 2.16. The summed E-state index contributed by atoms with van der Waals surface area (Å²) in [5.41, 5.74) is -0.0697. The number of carbonyl (C=O) groups excluding carboxylic acids is 1. The maximum absolute atomic E-state index is 12.4. The number of ether oxygens (including phenoxy) is 2. The molecular formula is C14H16BNO6. The SMILES string of the molecule is CCn1cc(C(=O)OC)c2cc(B(O)O)c(OC)cc2c1=O.